The summed E-state index contributed by atoms with van der Waals surface area (Å²) in [6.07, 6.45) is 1.21. The molecule has 1 fully saturated rings. The maximum atomic E-state index is 12.8. The van der Waals surface area contributed by atoms with Crippen LogP contribution >= 0.6 is 0 Å². The Morgan fingerprint density at radius 2 is 2.11 bits per heavy atom. The lowest BCUT2D eigenvalue weighted by atomic mass is 9.99. The second-order valence-electron chi connectivity index (χ2n) is 7.41. The number of hydrogen-bond donors (Lipinski definition) is 3. The zero-order chi connectivity index (χ0) is 20.9. The number of primary amides is 1. The van der Waals surface area contributed by atoms with E-state index in [1.165, 1.54) is 16.6 Å². The number of rotatable bonds is 7. The zero-order valence-corrected chi connectivity index (χ0v) is 16.9. The van der Waals surface area contributed by atoms with Crippen molar-refractivity contribution in [1.82, 2.24) is 14.6 Å². The number of hydrogen-bond acceptors (Lipinski definition) is 6. The van der Waals surface area contributed by atoms with Gasteiger partial charge < -0.3 is 16.2 Å². The van der Waals surface area contributed by atoms with E-state index in [1.807, 2.05) is 6.92 Å². The number of nitrogens with zero attached hydrogens (tertiary/aromatic N) is 2. The number of aliphatic hydroxyl groups excluding tert-OH is 1. The van der Waals surface area contributed by atoms with Gasteiger partial charge in [0.25, 0.3) is 10.0 Å². The maximum absolute atomic E-state index is 12.8. The molecule has 1 aliphatic heterocycles. The lowest BCUT2D eigenvalue weighted by Gasteiger charge is -2.25. The minimum absolute atomic E-state index is 0.0719. The summed E-state index contributed by atoms with van der Waals surface area (Å²) < 4.78 is 26.9. The highest BCUT2D eigenvalue weighted by atomic mass is 32.2. The van der Waals surface area contributed by atoms with E-state index in [-0.39, 0.29) is 36.4 Å². The van der Waals surface area contributed by atoms with Crippen molar-refractivity contribution >= 4 is 21.8 Å². The largest absolute Gasteiger partial charge is 0.390 e. The first kappa shape index (κ1) is 22.3. The lowest BCUT2D eigenvalue weighted by molar-refractivity contribution is -0.124. The Morgan fingerprint density at radius 3 is 2.71 bits per heavy atom. The molecule has 2 heterocycles. The van der Waals surface area contributed by atoms with E-state index >= 15 is 0 Å². The monoisotopic (exact) mass is 412 g/mol. The van der Waals surface area contributed by atoms with E-state index in [2.05, 4.69) is 10.3 Å². The van der Waals surface area contributed by atoms with Crippen molar-refractivity contribution < 1.29 is 23.1 Å². The Hall–Kier alpha value is -2.04. The number of amides is 2. The van der Waals surface area contributed by atoms with Crippen LogP contribution in [0.3, 0.4) is 0 Å². The van der Waals surface area contributed by atoms with Crippen LogP contribution in [0.2, 0.25) is 0 Å². The highest BCUT2D eigenvalue weighted by Crippen LogP contribution is 2.23. The molecule has 0 spiro atoms. The molecule has 0 aromatic carbocycles. The van der Waals surface area contributed by atoms with Gasteiger partial charge in [0.1, 0.15) is 0 Å². The third-order valence-electron chi connectivity index (χ3n) is 4.91. The average Bonchev–Trinajstić information content (AvgIpc) is 2.79. The van der Waals surface area contributed by atoms with Gasteiger partial charge in [-0.3, -0.25) is 9.59 Å². The Morgan fingerprint density at radius 1 is 1.39 bits per heavy atom. The van der Waals surface area contributed by atoms with Crippen LogP contribution < -0.4 is 11.1 Å². The molecule has 1 aliphatic rings. The predicted molar refractivity (Wildman–Crippen MR) is 102 cm³/mol. The summed E-state index contributed by atoms with van der Waals surface area (Å²) in [5, 5.41) is 13.2. The molecule has 4 N–H and O–H groups in total. The fourth-order valence-electron chi connectivity index (χ4n) is 3.18. The van der Waals surface area contributed by atoms with E-state index in [4.69, 9.17) is 5.73 Å². The van der Waals surface area contributed by atoms with Crippen molar-refractivity contribution in [2.24, 2.45) is 17.6 Å². The average molecular weight is 413 g/mol. The summed E-state index contributed by atoms with van der Waals surface area (Å²) >= 11 is 0. The Bertz CT molecular complexity index is 786. The number of aliphatic hydroxyl groups is 1. The molecule has 2 amide bonds. The zero-order valence-electron chi connectivity index (χ0n) is 16.1. The van der Waals surface area contributed by atoms with E-state index < -0.39 is 34.0 Å². The highest BCUT2D eigenvalue weighted by Gasteiger charge is 2.36. The quantitative estimate of drug-likeness (QED) is 0.569. The molecular formula is C18H28N4O5S. The number of sulfonamides is 1. The molecule has 4 atom stereocenters. The fraction of sp³-hybridized carbons (Fsp3) is 0.611. The summed E-state index contributed by atoms with van der Waals surface area (Å²) in [6.45, 7) is 3.61. The summed E-state index contributed by atoms with van der Waals surface area (Å²) in [6, 6.07) is 4.06. The van der Waals surface area contributed by atoms with Gasteiger partial charge in [0, 0.05) is 31.6 Å². The minimum atomic E-state index is -3.84. The molecule has 9 nitrogen and oxygen atoms in total. The van der Waals surface area contributed by atoms with E-state index in [0.717, 1.165) is 0 Å². The molecule has 1 saturated heterocycles. The number of nitrogens with two attached hydrogens (primary N) is 1. The van der Waals surface area contributed by atoms with Crippen LogP contribution in [-0.2, 0) is 19.6 Å². The van der Waals surface area contributed by atoms with Gasteiger partial charge in [0.15, 0.2) is 5.03 Å². The van der Waals surface area contributed by atoms with Gasteiger partial charge in [-0.05, 0) is 30.9 Å². The van der Waals surface area contributed by atoms with Crippen molar-refractivity contribution in [3.05, 3.63) is 24.4 Å². The summed E-state index contributed by atoms with van der Waals surface area (Å²) in [5.74, 6) is -1.26. The normalized spacial score (nSPS) is 24.9. The van der Waals surface area contributed by atoms with Crippen LogP contribution in [0.1, 0.15) is 33.1 Å². The lowest BCUT2D eigenvalue weighted by Crippen LogP contribution is -2.47. The highest BCUT2D eigenvalue weighted by molar-refractivity contribution is 7.89. The van der Waals surface area contributed by atoms with E-state index in [0.29, 0.717) is 12.8 Å². The SMILES string of the molecule is C[C@@H]1C[C@@H](NC(=O)CC[C@@H](C)C(N)=O)[C@@H](O)CN(S(=O)(=O)c2ccccn2)C1. The molecule has 2 rings (SSSR count). The van der Waals surface area contributed by atoms with Gasteiger partial charge in [-0.15, -0.1) is 0 Å². The first-order chi connectivity index (χ1) is 13.1. The van der Waals surface area contributed by atoms with Gasteiger partial charge in [0.2, 0.25) is 11.8 Å². The molecule has 10 heteroatoms. The number of carbonyl (C=O) groups excluding carboxylic acids is 2. The topological polar surface area (TPSA) is 143 Å². The molecule has 1 aromatic heterocycles. The molecule has 1 aromatic rings. The number of β-amino-alcohol motifs (C(OH)–C–C–N with tert-alkyl or cyclic N) is 1. The van der Waals surface area contributed by atoms with Crippen LogP contribution in [-0.4, -0.2) is 59.9 Å². The van der Waals surface area contributed by atoms with Crippen molar-refractivity contribution in [2.75, 3.05) is 13.1 Å². The summed E-state index contributed by atoms with van der Waals surface area (Å²) in [7, 11) is -3.84. The molecule has 28 heavy (non-hydrogen) atoms. The fourth-order valence-corrected chi connectivity index (χ4v) is 4.68. The van der Waals surface area contributed by atoms with Crippen LogP contribution in [0.15, 0.2) is 29.4 Å². The van der Waals surface area contributed by atoms with E-state index in [9.17, 15) is 23.1 Å². The van der Waals surface area contributed by atoms with Gasteiger partial charge in [-0.1, -0.05) is 19.9 Å². The smallest absolute Gasteiger partial charge is 0.260 e. The molecule has 156 valence electrons. The van der Waals surface area contributed by atoms with Crippen molar-refractivity contribution in [1.29, 1.82) is 0 Å². The molecule has 0 saturated carbocycles. The minimum Gasteiger partial charge on any atom is -0.390 e. The van der Waals surface area contributed by atoms with Gasteiger partial charge in [0.05, 0.1) is 12.1 Å². The standard InChI is InChI=1S/C18H28N4O5S/c1-12-9-14(21-16(24)7-6-13(2)18(19)25)15(23)11-22(10-12)28(26,27)17-5-3-4-8-20-17/h3-5,8,12-15,23H,6-7,9-11H2,1-2H3,(H2,19,25)(H,21,24)/t12-,13-,14-,15+/m1/s1. The van der Waals surface area contributed by atoms with Crippen LogP contribution in [0.4, 0.5) is 0 Å². The van der Waals surface area contributed by atoms with Gasteiger partial charge in [-0.25, -0.2) is 13.4 Å². The Labute approximate surface area is 165 Å². The third kappa shape index (κ3) is 5.73. The molecular weight excluding hydrogens is 384 g/mol. The second kappa shape index (κ2) is 9.44. The summed E-state index contributed by atoms with van der Waals surface area (Å²) in [4.78, 5) is 27.2. The Balaban J connectivity index is 2.04. The predicted octanol–water partition coefficient (Wildman–Crippen LogP) is -0.141. The van der Waals surface area contributed by atoms with Gasteiger partial charge >= 0.3 is 0 Å². The molecule has 0 aliphatic carbocycles. The van der Waals surface area contributed by atoms with Gasteiger partial charge in [-0.2, -0.15) is 4.31 Å². The first-order valence-electron chi connectivity index (χ1n) is 9.29. The number of nitrogens with one attached hydrogen (secondary N) is 1. The number of aromatic nitrogens is 1. The summed E-state index contributed by atoms with van der Waals surface area (Å²) in [5.41, 5.74) is 5.19. The molecule has 0 radical (unpaired) electrons. The van der Waals surface area contributed by atoms with Crippen molar-refractivity contribution in [3.63, 3.8) is 0 Å². The van der Waals surface area contributed by atoms with Crippen LogP contribution in [0, 0.1) is 11.8 Å². The number of carbonyl (C=O) groups is 2. The second-order valence-corrected chi connectivity index (χ2v) is 9.30. The maximum Gasteiger partial charge on any atom is 0.260 e. The van der Waals surface area contributed by atoms with E-state index in [1.54, 1.807) is 19.1 Å². The van der Waals surface area contributed by atoms with Crippen LogP contribution in [0.5, 0.6) is 0 Å². The third-order valence-corrected chi connectivity index (χ3v) is 6.65. The molecule has 0 bridgehead atoms. The van der Waals surface area contributed by atoms with Crippen LogP contribution in [0.25, 0.3) is 0 Å². The number of pyridine rings is 1. The Kier molecular flexibility index (Phi) is 7.50. The first-order valence-corrected chi connectivity index (χ1v) is 10.7. The van der Waals surface area contributed by atoms with Crippen molar-refractivity contribution in [2.45, 2.75) is 50.3 Å². The van der Waals surface area contributed by atoms with Crippen molar-refractivity contribution in [3.8, 4) is 0 Å². The molecule has 0 unspecified atom stereocenters.